The fourth-order valence-corrected chi connectivity index (χ4v) is 2.03. The second kappa shape index (κ2) is 5.04. The van der Waals surface area contributed by atoms with E-state index in [2.05, 4.69) is 9.97 Å². The highest BCUT2D eigenvalue weighted by Gasteiger charge is 2.23. The van der Waals surface area contributed by atoms with E-state index in [0.29, 0.717) is 22.5 Å². The van der Waals surface area contributed by atoms with Crippen molar-refractivity contribution in [1.82, 2.24) is 9.97 Å². The molecule has 0 unspecified atom stereocenters. The Kier molecular flexibility index (Phi) is 3.57. The number of ketones is 1. The Balaban J connectivity index is 2.67. The molecule has 4 heteroatoms. The highest BCUT2D eigenvalue weighted by molar-refractivity contribution is 6.01. The number of nitrogens with zero attached hydrogens (tertiary/aromatic N) is 1. The van der Waals surface area contributed by atoms with E-state index >= 15 is 0 Å². The van der Waals surface area contributed by atoms with Crippen LogP contribution in [0, 0.1) is 0 Å². The largest absolute Gasteiger partial charge is 0.339 e. The first-order chi connectivity index (χ1) is 9.34. The number of carbonyl (C=O) groups is 2. The topological polar surface area (TPSA) is 62.8 Å². The van der Waals surface area contributed by atoms with E-state index < -0.39 is 0 Å². The number of rotatable bonds is 3. The highest BCUT2D eigenvalue weighted by atomic mass is 16.1. The van der Waals surface area contributed by atoms with Crippen molar-refractivity contribution in [2.24, 2.45) is 0 Å². The standard InChI is InChI=1S/C16H18N2O2/c1-10(20)11-7-5-6-8-12(11)14-13(9-19)17-15(18-14)16(2,3)4/h5-9H,1-4H3,(H,17,18). The summed E-state index contributed by atoms with van der Waals surface area (Å²) >= 11 is 0. The molecule has 0 fully saturated rings. The predicted octanol–water partition coefficient (Wildman–Crippen LogP) is 3.39. The molecule has 0 saturated carbocycles. The number of carbonyl (C=O) groups excluding carboxylic acids is 2. The van der Waals surface area contributed by atoms with E-state index in [0.717, 1.165) is 12.1 Å². The van der Waals surface area contributed by atoms with Crippen molar-refractivity contribution >= 4 is 12.1 Å². The molecule has 0 aliphatic carbocycles. The molecule has 0 atom stereocenters. The van der Waals surface area contributed by atoms with Gasteiger partial charge < -0.3 is 4.98 Å². The normalized spacial score (nSPS) is 11.4. The number of aldehydes is 1. The molecule has 2 rings (SSSR count). The Labute approximate surface area is 118 Å². The van der Waals surface area contributed by atoms with Crippen molar-refractivity contribution < 1.29 is 9.59 Å². The van der Waals surface area contributed by atoms with Crippen LogP contribution in [0.2, 0.25) is 0 Å². The average Bonchev–Trinajstić information content (AvgIpc) is 2.82. The second-order valence-electron chi connectivity index (χ2n) is 5.82. The smallest absolute Gasteiger partial charge is 0.168 e. The first-order valence-electron chi connectivity index (χ1n) is 6.50. The Bertz CT molecular complexity index is 663. The van der Waals surface area contributed by atoms with E-state index in [4.69, 9.17) is 0 Å². The fourth-order valence-electron chi connectivity index (χ4n) is 2.03. The maximum absolute atomic E-state index is 11.7. The summed E-state index contributed by atoms with van der Waals surface area (Å²) in [5.41, 5.74) is 2.01. The van der Waals surface area contributed by atoms with Crippen LogP contribution >= 0.6 is 0 Å². The third-order valence-corrected chi connectivity index (χ3v) is 3.12. The summed E-state index contributed by atoms with van der Waals surface area (Å²) in [5, 5.41) is 0. The molecule has 0 bridgehead atoms. The Morgan fingerprint density at radius 1 is 1.25 bits per heavy atom. The number of hydrogen-bond acceptors (Lipinski definition) is 3. The molecule has 0 spiro atoms. The van der Waals surface area contributed by atoms with Crippen LogP contribution in [-0.4, -0.2) is 22.0 Å². The minimum Gasteiger partial charge on any atom is -0.339 e. The molecule has 0 radical (unpaired) electrons. The quantitative estimate of drug-likeness (QED) is 0.687. The zero-order chi connectivity index (χ0) is 14.9. The third kappa shape index (κ3) is 2.54. The van der Waals surface area contributed by atoms with Gasteiger partial charge >= 0.3 is 0 Å². The van der Waals surface area contributed by atoms with E-state index in [1.165, 1.54) is 6.92 Å². The molecule has 20 heavy (non-hydrogen) atoms. The maximum Gasteiger partial charge on any atom is 0.168 e. The summed E-state index contributed by atoms with van der Waals surface area (Å²) in [5.74, 6) is 0.686. The summed E-state index contributed by atoms with van der Waals surface area (Å²) in [7, 11) is 0. The molecule has 1 aromatic heterocycles. The van der Waals surface area contributed by atoms with Crippen LogP contribution in [-0.2, 0) is 5.41 Å². The van der Waals surface area contributed by atoms with E-state index in [1.807, 2.05) is 32.9 Å². The lowest BCUT2D eigenvalue weighted by atomic mass is 9.96. The lowest BCUT2D eigenvalue weighted by molar-refractivity contribution is 0.101. The molecule has 2 aromatic rings. The van der Waals surface area contributed by atoms with Gasteiger partial charge in [-0.3, -0.25) is 9.59 Å². The van der Waals surface area contributed by atoms with E-state index in [9.17, 15) is 9.59 Å². The Morgan fingerprint density at radius 2 is 1.90 bits per heavy atom. The van der Waals surface area contributed by atoms with E-state index in [-0.39, 0.29) is 11.2 Å². The predicted molar refractivity (Wildman–Crippen MR) is 78.1 cm³/mol. The van der Waals surface area contributed by atoms with Crippen LogP contribution in [0.4, 0.5) is 0 Å². The molecule has 1 N–H and O–H groups in total. The molecule has 0 amide bonds. The molecule has 104 valence electrons. The van der Waals surface area contributed by atoms with Crippen LogP contribution in [0.3, 0.4) is 0 Å². The maximum atomic E-state index is 11.7. The van der Waals surface area contributed by atoms with Crippen LogP contribution in [0.1, 0.15) is 54.4 Å². The first-order valence-corrected chi connectivity index (χ1v) is 6.50. The molecule has 0 saturated heterocycles. The van der Waals surface area contributed by atoms with Gasteiger partial charge in [-0.15, -0.1) is 0 Å². The zero-order valence-corrected chi connectivity index (χ0v) is 12.2. The summed E-state index contributed by atoms with van der Waals surface area (Å²) in [4.78, 5) is 30.6. The van der Waals surface area contributed by atoms with Crippen LogP contribution < -0.4 is 0 Å². The Hall–Kier alpha value is -2.23. The number of Topliss-reactive ketones (excluding diaryl/α,β-unsaturated/α-hetero) is 1. The van der Waals surface area contributed by atoms with Gasteiger partial charge in [-0.1, -0.05) is 45.0 Å². The van der Waals surface area contributed by atoms with Crippen molar-refractivity contribution in [3.05, 3.63) is 41.3 Å². The van der Waals surface area contributed by atoms with Crippen LogP contribution in [0.5, 0.6) is 0 Å². The fraction of sp³-hybridized carbons (Fsp3) is 0.312. The average molecular weight is 270 g/mol. The third-order valence-electron chi connectivity index (χ3n) is 3.12. The van der Waals surface area contributed by atoms with Crippen molar-refractivity contribution in [3.8, 4) is 11.3 Å². The highest BCUT2D eigenvalue weighted by Crippen LogP contribution is 2.28. The minimum atomic E-state index is -0.193. The van der Waals surface area contributed by atoms with Gasteiger partial charge in [0, 0.05) is 16.5 Å². The molecular weight excluding hydrogens is 252 g/mol. The minimum absolute atomic E-state index is 0.0437. The van der Waals surface area contributed by atoms with E-state index in [1.54, 1.807) is 12.1 Å². The summed E-state index contributed by atoms with van der Waals surface area (Å²) < 4.78 is 0. The summed E-state index contributed by atoms with van der Waals surface area (Å²) in [6.45, 7) is 7.56. The molecular formula is C16H18N2O2. The number of benzene rings is 1. The van der Waals surface area contributed by atoms with Crippen LogP contribution in [0.25, 0.3) is 11.3 Å². The van der Waals surface area contributed by atoms with Gasteiger partial charge in [0.25, 0.3) is 0 Å². The van der Waals surface area contributed by atoms with Crippen LogP contribution in [0.15, 0.2) is 24.3 Å². The SMILES string of the molecule is CC(=O)c1ccccc1-c1nc(C(C)(C)C)[nH]c1C=O. The van der Waals surface area contributed by atoms with Gasteiger partial charge in [0.2, 0.25) is 0 Å². The van der Waals surface area contributed by atoms with Crippen molar-refractivity contribution in [1.29, 1.82) is 0 Å². The molecule has 1 aromatic carbocycles. The van der Waals surface area contributed by atoms with Gasteiger partial charge in [-0.25, -0.2) is 4.98 Å². The van der Waals surface area contributed by atoms with Gasteiger partial charge in [-0.05, 0) is 6.92 Å². The molecule has 0 aliphatic heterocycles. The molecule has 4 nitrogen and oxygen atoms in total. The molecule has 0 aliphatic rings. The number of nitrogens with one attached hydrogen (secondary N) is 1. The monoisotopic (exact) mass is 270 g/mol. The van der Waals surface area contributed by atoms with Gasteiger partial charge in [-0.2, -0.15) is 0 Å². The first kappa shape index (κ1) is 14.2. The molecule has 1 heterocycles. The number of hydrogen-bond donors (Lipinski definition) is 1. The van der Waals surface area contributed by atoms with Crippen molar-refractivity contribution in [2.45, 2.75) is 33.1 Å². The summed E-state index contributed by atoms with van der Waals surface area (Å²) in [6, 6.07) is 7.20. The second-order valence-corrected chi connectivity index (χ2v) is 5.82. The van der Waals surface area contributed by atoms with Crippen molar-refractivity contribution in [2.75, 3.05) is 0 Å². The Morgan fingerprint density at radius 3 is 2.45 bits per heavy atom. The van der Waals surface area contributed by atoms with Crippen molar-refractivity contribution in [3.63, 3.8) is 0 Å². The van der Waals surface area contributed by atoms with Gasteiger partial charge in [0.15, 0.2) is 12.1 Å². The lowest BCUT2D eigenvalue weighted by Gasteiger charge is -2.14. The number of aromatic amines is 1. The zero-order valence-electron chi connectivity index (χ0n) is 12.2. The summed E-state index contributed by atoms with van der Waals surface area (Å²) in [6.07, 6.45) is 0.745. The lowest BCUT2D eigenvalue weighted by Crippen LogP contribution is -2.13. The number of aromatic nitrogens is 2. The number of imidazole rings is 1. The van der Waals surface area contributed by atoms with Gasteiger partial charge in [0.1, 0.15) is 11.5 Å². The number of H-pyrrole nitrogens is 1. The van der Waals surface area contributed by atoms with Gasteiger partial charge in [0.05, 0.1) is 5.69 Å².